The second kappa shape index (κ2) is 2.81. The van der Waals surface area contributed by atoms with Crippen LogP contribution in [0.25, 0.3) is 11.1 Å². The van der Waals surface area contributed by atoms with Crippen LogP contribution in [-0.2, 0) is 11.2 Å². The third kappa shape index (κ3) is 1.46. The number of nitrogens with zero attached hydrogens (tertiary/aromatic N) is 3. The summed E-state index contributed by atoms with van der Waals surface area (Å²) >= 11 is 0. The molecule has 6 heteroatoms. The SMILES string of the molecule is O=C(O)Cc1ncc2cnoc2n1. The molecule has 2 heterocycles. The maximum atomic E-state index is 10.3. The molecule has 0 unspecified atom stereocenters. The third-order valence-electron chi connectivity index (χ3n) is 1.47. The number of carboxylic acids is 1. The zero-order valence-corrected chi connectivity index (χ0v) is 6.47. The predicted molar refractivity (Wildman–Crippen MR) is 40.9 cm³/mol. The molecular formula is C7H5N3O3. The number of hydrogen-bond donors (Lipinski definition) is 1. The van der Waals surface area contributed by atoms with E-state index in [1.165, 1.54) is 12.4 Å². The van der Waals surface area contributed by atoms with Crippen LogP contribution in [-0.4, -0.2) is 26.2 Å². The van der Waals surface area contributed by atoms with Crippen LogP contribution in [0.5, 0.6) is 0 Å². The Morgan fingerprint density at radius 2 is 2.38 bits per heavy atom. The van der Waals surface area contributed by atoms with Crippen molar-refractivity contribution in [2.75, 3.05) is 0 Å². The highest BCUT2D eigenvalue weighted by atomic mass is 16.5. The van der Waals surface area contributed by atoms with Gasteiger partial charge < -0.3 is 9.63 Å². The van der Waals surface area contributed by atoms with Gasteiger partial charge in [-0.2, -0.15) is 4.98 Å². The molecule has 1 N–H and O–H groups in total. The topological polar surface area (TPSA) is 89.1 Å². The summed E-state index contributed by atoms with van der Waals surface area (Å²) in [6.45, 7) is 0. The molecule has 0 aliphatic carbocycles. The third-order valence-corrected chi connectivity index (χ3v) is 1.47. The molecule has 2 aromatic rings. The Morgan fingerprint density at radius 3 is 3.15 bits per heavy atom. The molecular weight excluding hydrogens is 174 g/mol. The van der Waals surface area contributed by atoms with Gasteiger partial charge in [0.25, 0.3) is 5.71 Å². The zero-order chi connectivity index (χ0) is 9.26. The van der Waals surface area contributed by atoms with Crippen molar-refractivity contribution in [3.8, 4) is 0 Å². The Hall–Kier alpha value is -1.98. The van der Waals surface area contributed by atoms with Crippen molar-refractivity contribution in [1.29, 1.82) is 0 Å². The molecule has 0 aromatic carbocycles. The van der Waals surface area contributed by atoms with Crippen LogP contribution >= 0.6 is 0 Å². The maximum Gasteiger partial charge on any atom is 0.311 e. The second-order valence-electron chi connectivity index (χ2n) is 2.44. The first-order valence-corrected chi connectivity index (χ1v) is 3.54. The summed E-state index contributed by atoms with van der Waals surface area (Å²) in [4.78, 5) is 18.0. The zero-order valence-electron chi connectivity index (χ0n) is 6.47. The number of aromatic nitrogens is 3. The van der Waals surface area contributed by atoms with E-state index >= 15 is 0 Å². The number of carboxylic acid groups (broad SMARTS) is 1. The minimum atomic E-state index is -0.973. The Morgan fingerprint density at radius 1 is 1.54 bits per heavy atom. The molecule has 6 nitrogen and oxygen atoms in total. The van der Waals surface area contributed by atoms with Crippen molar-refractivity contribution >= 4 is 17.1 Å². The van der Waals surface area contributed by atoms with E-state index in [4.69, 9.17) is 9.63 Å². The summed E-state index contributed by atoms with van der Waals surface area (Å²) < 4.78 is 4.75. The van der Waals surface area contributed by atoms with Crippen molar-refractivity contribution in [3.63, 3.8) is 0 Å². The maximum absolute atomic E-state index is 10.3. The molecule has 0 amide bonds. The molecule has 0 aliphatic heterocycles. The van der Waals surface area contributed by atoms with E-state index in [-0.39, 0.29) is 12.2 Å². The lowest BCUT2D eigenvalue weighted by molar-refractivity contribution is -0.136. The second-order valence-corrected chi connectivity index (χ2v) is 2.44. The van der Waals surface area contributed by atoms with E-state index in [1.807, 2.05) is 0 Å². The van der Waals surface area contributed by atoms with Gasteiger partial charge in [0.1, 0.15) is 12.2 Å². The fourth-order valence-corrected chi connectivity index (χ4v) is 0.925. The van der Waals surface area contributed by atoms with E-state index in [2.05, 4.69) is 15.1 Å². The van der Waals surface area contributed by atoms with Gasteiger partial charge in [-0.1, -0.05) is 5.16 Å². The average molecular weight is 179 g/mol. The molecule has 13 heavy (non-hydrogen) atoms. The van der Waals surface area contributed by atoms with Gasteiger partial charge in [0.15, 0.2) is 0 Å². The Bertz CT molecular complexity index is 451. The summed E-state index contributed by atoms with van der Waals surface area (Å²) in [5.41, 5.74) is 0.311. The molecule has 2 aromatic heterocycles. The largest absolute Gasteiger partial charge is 0.481 e. The van der Waals surface area contributed by atoms with Crippen molar-refractivity contribution in [2.24, 2.45) is 0 Å². The van der Waals surface area contributed by atoms with Crippen LogP contribution in [0.3, 0.4) is 0 Å². The standard InChI is InChI=1S/C7H5N3O3/c11-6(12)1-5-8-2-4-3-9-13-7(4)10-5/h2-3H,1H2,(H,11,12). The monoisotopic (exact) mass is 179 g/mol. The van der Waals surface area contributed by atoms with Gasteiger partial charge >= 0.3 is 5.97 Å². The van der Waals surface area contributed by atoms with E-state index in [0.717, 1.165) is 0 Å². The van der Waals surface area contributed by atoms with E-state index in [0.29, 0.717) is 11.1 Å². The fourth-order valence-electron chi connectivity index (χ4n) is 0.925. The molecule has 0 saturated heterocycles. The fraction of sp³-hybridized carbons (Fsp3) is 0.143. The Labute approximate surface area is 72.2 Å². The number of aliphatic carboxylic acids is 1. The molecule has 0 spiro atoms. The van der Waals surface area contributed by atoms with E-state index in [9.17, 15) is 4.79 Å². The molecule has 66 valence electrons. The summed E-state index contributed by atoms with van der Waals surface area (Å²) in [5.74, 6) is -0.754. The first-order chi connectivity index (χ1) is 6.25. The van der Waals surface area contributed by atoms with Gasteiger partial charge in [0, 0.05) is 6.20 Å². The quantitative estimate of drug-likeness (QED) is 0.710. The molecule has 0 aliphatic rings. The molecule has 0 saturated carbocycles. The van der Waals surface area contributed by atoms with Gasteiger partial charge in [-0.25, -0.2) is 4.98 Å². The van der Waals surface area contributed by atoms with Crippen molar-refractivity contribution in [2.45, 2.75) is 6.42 Å². The highest BCUT2D eigenvalue weighted by Gasteiger charge is 2.06. The van der Waals surface area contributed by atoms with Crippen LogP contribution in [0, 0.1) is 0 Å². The van der Waals surface area contributed by atoms with E-state index in [1.54, 1.807) is 0 Å². The normalized spacial score (nSPS) is 10.5. The minimum absolute atomic E-state index is 0.212. The lowest BCUT2D eigenvalue weighted by Crippen LogP contribution is -2.04. The first-order valence-electron chi connectivity index (χ1n) is 3.54. The number of carbonyl (C=O) groups is 1. The highest BCUT2D eigenvalue weighted by Crippen LogP contribution is 2.08. The lowest BCUT2D eigenvalue weighted by atomic mass is 10.4. The highest BCUT2D eigenvalue weighted by molar-refractivity contribution is 5.72. The van der Waals surface area contributed by atoms with E-state index < -0.39 is 5.97 Å². The molecule has 0 atom stereocenters. The average Bonchev–Trinajstić information content (AvgIpc) is 2.49. The number of hydrogen-bond acceptors (Lipinski definition) is 5. The molecule has 2 rings (SSSR count). The predicted octanol–water partition coefficient (Wildman–Crippen LogP) is 0.245. The smallest absolute Gasteiger partial charge is 0.311 e. The van der Waals surface area contributed by atoms with Crippen molar-refractivity contribution in [1.82, 2.24) is 15.1 Å². The number of fused-ring (bicyclic) bond motifs is 1. The van der Waals surface area contributed by atoms with Crippen LogP contribution in [0.2, 0.25) is 0 Å². The van der Waals surface area contributed by atoms with Crippen LogP contribution in [0.4, 0.5) is 0 Å². The molecule has 0 fully saturated rings. The Kier molecular flexibility index (Phi) is 1.66. The minimum Gasteiger partial charge on any atom is -0.481 e. The summed E-state index contributed by atoms with van der Waals surface area (Å²) in [6.07, 6.45) is 2.74. The van der Waals surface area contributed by atoms with Gasteiger partial charge in [-0.3, -0.25) is 4.79 Å². The first kappa shape index (κ1) is 7.66. The van der Waals surface area contributed by atoms with Crippen LogP contribution in [0.15, 0.2) is 16.9 Å². The van der Waals surface area contributed by atoms with Crippen LogP contribution in [0.1, 0.15) is 5.82 Å². The summed E-state index contributed by atoms with van der Waals surface area (Å²) in [5, 5.41) is 12.6. The van der Waals surface area contributed by atoms with Crippen LogP contribution < -0.4 is 0 Å². The number of rotatable bonds is 2. The van der Waals surface area contributed by atoms with Gasteiger partial charge in [-0.05, 0) is 0 Å². The van der Waals surface area contributed by atoms with Crippen molar-refractivity contribution < 1.29 is 14.4 Å². The molecule has 0 bridgehead atoms. The Balaban J connectivity index is 2.42. The van der Waals surface area contributed by atoms with Gasteiger partial charge in [0.2, 0.25) is 0 Å². The molecule has 0 radical (unpaired) electrons. The lowest BCUT2D eigenvalue weighted by Gasteiger charge is -1.92. The van der Waals surface area contributed by atoms with Crippen molar-refractivity contribution in [3.05, 3.63) is 18.2 Å². The van der Waals surface area contributed by atoms with Gasteiger partial charge in [0.05, 0.1) is 11.6 Å². The summed E-state index contributed by atoms with van der Waals surface area (Å²) in [6, 6.07) is 0. The van der Waals surface area contributed by atoms with Gasteiger partial charge in [-0.15, -0.1) is 0 Å². The summed E-state index contributed by atoms with van der Waals surface area (Å²) in [7, 11) is 0.